The van der Waals surface area contributed by atoms with Crippen molar-refractivity contribution in [2.75, 3.05) is 17.3 Å². The number of anilines is 4. The molecule has 0 saturated carbocycles. The minimum Gasteiger partial charge on any atom is -0.491 e. The molecular weight excluding hydrogens is 381 g/mol. The van der Waals surface area contributed by atoms with Gasteiger partial charge in [0.25, 0.3) is 0 Å². The lowest BCUT2D eigenvalue weighted by atomic mass is 10.2. The molecule has 0 saturated heterocycles. The summed E-state index contributed by atoms with van der Waals surface area (Å²) in [5, 5.41) is 2.75. The largest absolute Gasteiger partial charge is 0.491 e. The van der Waals surface area contributed by atoms with E-state index in [1.807, 2.05) is 44.2 Å². The van der Waals surface area contributed by atoms with Gasteiger partial charge in [0, 0.05) is 24.6 Å². The van der Waals surface area contributed by atoms with Crippen LogP contribution in [0.3, 0.4) is 0 Å². The molecule has 0 unspecified atom stereocenters. The standard InChI is InChI=1S/C21H21F3N4O/c1-14(2)29-17-11-9-15(10-12-17)26-19-18(21(22,23)24)13-25-20(27-19)28(3)16-7-5-4-6-8-16/h4-14H,1-3H3,(H,25,26,27). The van der Waals surface area contributed by atoms with E-state index < -0.39 is 11.7 Å². The van der Waals surface area contributed by atoms with Gasteiger partial charge in [0.1, 0.15) is 17.1 Å². The highest BCUT2D eigenvalue weighted by Gasteiger charge is 2.35. The molecule has 1 N–H and O–H groups in total. The Morgan fingerprint density at radius 1 is 1.00 bits per heavy atom. The monoisotopic (exact) mass is 402 g/mol. The van der Waals surface area contributed by atoms with Crippen LogP contribution in [0.5, 0.6) is 5.75 Å². The average Bonchev–Trinajstić information content (AvgIpc) is 2.68. The zero-order valence-corrected chi connectivity index (χ0v) is 16.2. The first kappa shape index (κ1) is 20.4. The third-order valence-corrected chi connectivity index (χ3v) is 4.01. The van der Waals surface area contributed by atoms with Crippen molar-refractivity contribution in [2.24, 2.45) is 0 Å². The van der Waals surface area contributed by atoms with Crippen LogP contribution in [0.1, 0.15) is 19.4 Å². The van der Waals surface area contributed by atoms with Crippen LogP contribution in [0.4, 0.5) is 36.3 Å². The number of hydrogen-bond donors (Lipinski definition) is 1. The van der Waals surface area contributed by atoms with Crippen LogP contribution in [-0.4, -0.2) is 23.1 Å². The van der Waals surface area contributed by atoms with Crippen LogP contribution in [0.25, 0.3) is 0 Å². The molecule has 29 heavy (non-hydrogen) atoms. The summed E-state index contributed by atoms with van der Waals surface area (Å²) in [6, 6.07) is 15.8. The maximum Gasteiger partial charge on any atom is 0.421 e. The highest BCUT2D eigenvalue weighted by Crippen LogP contribution is 2.36. The molecule has 3 aromatic rings. The van der Waals surface area contributed by atoms with E-state index in [4.69, 9.17) is 4.74 Å². The Morgan fingerprint density at radius 2 is 1.66 bits per heavy atom. The smallest absolute Gasteiger partial charge is 0.421 e. The summed E-state index contributed by atoms with van der Waals surface area (Å²) in [5.74, 6) is 0.461. The Kier molecular flexibility index (Phi) is 5.91. The average molecular weight is 402 g/mol. The summed E-state index contributed by atoms with van der Waals surface area (Å²) in [7, 11) is 1.69. The molecule has 0 atom stereocenters. The zero-order chi connectivity index (χ0) is 21.0. The van der Waals surface area contributed by atoms with E-state index >= 15 is 0 Å². The highest BCUT2D eigenvalue weighted by molar-refractivity contribution is 5.64. The maximum absolute atomic E-state index is 13.5. The molecule has 3 rings (SSSR count). The molecular formula is C21H21F3N4O. The Hall–Kier alpha value is -3.29. The normalized spacial score (nSPS) is 11.4. The second kappa shape index (κ2) is 8.38. The van der Waals surface area contributed by atoms with Crippen molar-refractivity contribution < 1.29 is 17.9 Å². The molecule has 0 aliphatic heterocycles. The minimum absolute atomic E-state index is 0.00332. The van der Waals surface area contributed by atoms with Crippen molar-refractivity contribution in [1.29, 1.82) is 0 Å². The number of rotatable bonds is 6. The summed E-state index contributed by atoms with van der Waals surface area (Å²) in [5.41, 5.74) is 0.275. The lowest BCUT2D eigenvalue weighted by Gasteiger charge is -2.20. The number of aromatic nitrogens is 2. The number of para-hydroxylation sites is 1. The maximum atomic E-state index is 13.5. The molecule has 8 heteroatoms. The van der Waals surface area contributed by atoms with Crippen LogP contribution in [0, 0.1) is 0 Å². The summed E-state index contributed by atoms with van der Waals surface area (Å²) in [4.78, 5) is 9.66. The number of halogens is 3. The van der Waals surface area contributed by atoms with E-state index in [1.54, 1.807) is 36.2 Å². The summed E-state index contributed by atoms with van der Waals surface area (Å²) in [6.45, 7) is 3.79. The van der Waals surface area contributed by atoms with Crippen LogP contribution in [0.2, 0.25) is 0 Å². The number of benzene rings is 2. The Bertz CT molecular complexity index is 944. The zero-order valence-electron chi connectivity index (χ0n) is 16.2. The van der Waals surface area contributed by atoms with Crippen molar-refractivity contribution in [3.8, 4) is 5.75 Å². The number of nitrogens with zero attached hydrogens (tertiary/aromatic N) is 3. The van der Waals surface area contributed by atoms with Gasteiger partial charge in [0.05, 0.1) is 6.10 Å². The van der Waals surface area contributed by atoms with Gasteiger partial charge in [-0.15, -0.1) is 0 Å². The molecule has 0 aliphatic rings. The molecule has 0 bridgehead atoms. The third kappa shape index (κ3) is 5.16. The number of alkyl halides is 3. The molecule has 0 radical (unpaired) electrons. The second-order valence-electron chi connectivity index (χ2n) is 6.64. The van der Waals surface area contributed by atoms with Gasteiger partial charge in [-0.2, -0.15) is 18.2 Å². The topological polar surface area (TPSA) is 50.3 Å². The van der Waals surface area contributed by atoms with Gasteiger partial charge >= 0.3 is 6.18 Å². The van der Waals surface area contributed by atoms with E-state index in [1.165, 1.54) is 0 Å². The van der Waals surface area contributed by atoms with Crippen molar-refractivity contribution in [2.45, 2.75) is 26.1 Å². The van der Waals surface area contributed by atoms with Crippen LogP contribution in [-0.2, 0) is 6.18 Å². The Morgan fingerprint density at radius 3 is 2.24 bits per heavy atom. The van der Waals surface area contributed by atoms with E-state index in [2.05, 4.69) is 15.3 Å². The molecule has 0 amide bonds. The van der Waals surface area contributed by atoms with Crippen molar-refractivity contribution in [3.05, 3.63) is 66.4 Å². The van der Waals surface area contributed by atoms with Gasteiger partial charge < -0.3 is 15.0 Å². The molecule has 152 valence electrons. The van der Waals surface area contributed by atoms with E-state index in [9.17, 15) is 13.2 Å². The lowest BCUT2D eigenvalue weighted by Crippen LogP contribution is -2.17. The molecule has 0 aliphatic carbocycles. The van der Waals surface area contributed by atoms with Gasteiger partial charge in [0.2, 0.25) is 5.95 Å². The lowest BCUT2D eigenvalue weighted by molar-refractivity contribution is -0.137. The molecule has 2 aromatic carbocycles. The molecule has 5 nitrogen and oxygen atoms in total. The van der Waals surface area contributed by atoms with Gasteiger partial charge in [-0.05, 0) is 50.2 Å². The molecule has 1 heterocycles. The van der Waals surface area contributed by atoms with Crippen molar-refractivity contribution in [3.63, 3.8) is 0 Å². The van der Waals surface area contributed by atoms with Crippen molar-refractivity contribution >= 4 is 23.1 Å². The first-order valence-electron chi connectivity index (χ1n) is 9.01. The Labute approximate surface area is 167 Å². The number of hydrogen-bond acceptors (Lipinski definition) is 5. The predicted octanol–water partition coefficient (Wildman–Crippen LogP) is 5.79. The van der Waals surface area contributed by atoms with E-state index in [0.717, 1.165) is 11.9 Å². The summed E-state index contributed by atoms with van der Waals surface area (Å²) in [6.07, 6.45) is -3.80. The number of ether oxygens (including phenoxy) is 1. The van der Waals surface area contributed by atoms with Gasteiger partial charge in [-0.3, -0.25) is 0 Å². The Balaban J connectivity index is 1.92. The first-order chi connectivity index (χ1) is 13.7. The SMILES string of the molecule is CC(C)Oc1ccc(Nc2nc(N(C)c3ccccc3)ncc2C(F)(F)F)cc1. The summed E-state index contributed by atoms with van der Waals surface area (Å²) >= 11 is 0. The van der Waals surface area contributed by atoms with Crippen LogP contribution in [0.15, 0.2) is 60.8 Å². The third-order valence-electron chi connectivity index (χ3n) is 4.01. The van der Waals surface area contributed by atoms with Gasteiger partial charge in [0.15, 0.2) is 0 Å². The first-order valence-corrected chi connectivity index (χ1v) is 9.01. The van der Waals surface area contributed by atoms with Gasteiger partial charge in [-0.25, -0.2) is 4.98 Å². The van der Waals surface area contributed by atoms with Crippen LogP contribution >= 0.6 is 0 Å². The quantitative estimate of drug-likeness (QED) is 0.565. The fraction of sp³-hybridized carbons (Fsp3) is 0.238. The fourth-order valence-electron chi connectivity index (χ4n) is 2.63. The fourth-order valence-corrected chi connectivity index (χ4v) is 2.63. The minimum atomic E-state index is -4.59. The van der Waals surface area contributed by atoms with Crippen molar-refractivity contribution in [1.82, 2.24) is 9.97 Å². The predicted molar refractivity (Wildman–Crippen MR) is 107 cm³/mol. The second-order valence-corrected chi connectivity index (χ2v) is 6.64. The van der Waals surface area contributed by atoms with E-state index in [-0.39, 0.29) is 17.9 Å². The highest BCUT2D eigenvalue weighted by atomic mass is 19.4. The molecule has 0 fully saturated rings. The van der Waals surface area contributed by atoms with Gasteiger partial charge in [-0.1, -0.05) is 18.2 Å². The number of nitrogens with one attached hydrogen (secondary N) is 1. The molecule has 1 aromatic heterocycles. The van der Waals surface area contributed by atoms with E-state index in [0.29, 0.717) is 11.4 Å². The van der Waals surface area contributed by atoms with Crippen LogP contribution < -0.4 is 15.0 Å². The summed E-state index contributed by atoms with van der Waals surface area (Å²) < 4.78 is 45.9. The molecule has 0 spiro atoms.